The van der Waals surface area contributed by atoms with E-state index in [4.69, 9.17) is 0 Å². The van der Waals surface area contributed by atoms with Crippen LogP contribution >= 0.6 is 24.0 Å². The Morgan fingerprint density at radius 1 is 1.25 bits per heavy atom. The number of piperidine rings is 1. The van der Waals surface area contributed by atoms with Crippen LogP contribution in [0.2, 0.25) is 0 Å². The molecule has 0 aliphatic carbocycles. The smallest absolute Gasteiger partial charge is 0.224 e. The second-order valence-electron chi connectivity index (χ2n) is 6.02. The van der Waals surface area contributed by atoms with E-state index in [1.807, 2.05) is 23.1 Å². The van der Waals surface area contributed by atoms with Crippen molar-refractivity contribution in [2.24, 2.45) is 4.99 Å². The van der Waals surface area contributed by atoms with E-state index in [0.29, 0.717) is 19.0 Å². The van der Waals surface area contributed by atoms with Gasteiger partial charge < -0.3 is 15.5 Å². The summed E-state index contributed by atoms with van der Waals surface area (Å²) in [6, 6.07) is 10.6. The van der Waals surface area contributed by atoms with Crippen molar-refractivity contribution in [1.82, 2.24) is 15.5 Å². The van der Waals surface area contributed by atoms with Gasteiger partial charge in [-0.15, -0.1) is 24.0 Å². The Balaban J connectivity index is 0.00000288. The van der Waals surface area contributed by atoms with Gasteiger partial charge in [0.25, 0.3) is 0 Å². The van der Waals surface area contributed by atoms with Gasteiger partial charge in [-0.1, -0.05) is 30.3 Å². The zero-order valence-electron chi connectivity index (χ0n) is 14.6. The number of likely N-dealkylation sites (tertiary alicyclic amines) is 1. The molecular formula is C18H29IN4O. The van der Waals surface area contributed by atoms with Crippen LogP contribution < -0.4 is 10.6 Å². The molecule has 0 spiro atoms. The number of carbonyl (C=O) groups is 1. The first-order valence-electron chi connectivity index (χ1n) is 8.48. The minimum absolute atomic E-state index is 0. The summed E-state index contributed by atoms with van der Waals surface area (Å²) in [4.78, 5) is 18.5. The molecule has 1 fully saturated rings. The van der Waals surface area contributed by atoms with Crippen molar-refractivity contribution in [3.8, 4) is 0 Å². The second-order valence-corrected chi connectivity index (χ2v) is 6.02. The molecule has 1 unspecified atom stereocenters. The Morgan fingerprint density at radius 2 is 2.00 bits per heavy atom. The largest absolute Gasteiger partial charge is 0.356 e. The summed E-state index contributed by atoms with van der Waals surface area (Å²) < 4.78 is 0. The molecule has 2 N–H and O–H groups in total. The zero-order chi connectivity index (χ0) is 16.5. The van der Waals surface area contributed by atoms with Crippen molar-refractivity contribution >= 4 is 35.8 Å². The first-order chi connectivity index (χ1) is 11.2. The molecule has 1 aromatic carbocycles. The molecule has 1 aliphatic rings. The van der Waals surface area contributed by atoms with Gasteiger partial charge in [0.15, 0.2) is 5.96 Å². The summed E-state index contributed by atoms with van der Waals surface area (Å²) in [6.45, 7) is 4.37. The highest BCUT2D eigenvalue weighted by atomic mass is 127. The van der Waals surface area contributed by atoms with Gasteiger partial charge in [0.2, 0.25) is 5.91 Å². The maximum atomic E-state index is 12.3. The van der Waals surface area contributed by atoms with E-state index in [1.54, 1.807) is 7.05 Å². The average molecular weight is 444 g/mol. The molecule has 0 saturated carbocycles. The summed E-state index contributed by atoms with van der Waals surface area (Å²) in [5, 5.41) is 6.48. The molecule has 6 heteroatoms. The molecular weight excluding hydrogens is 415 g/mol. The zero-order valence-corrected chi connectivity index (χ0v) is 17.0. The number of hydrogen-bond donors (Lipinski definition) is 2. The molecule has 1 aliphatic heterocycles. The molecule has 0 radical (unpaired) electrons. The number of nitrogens with one attached hydrogen (secondary N) is 2. The van der Waals surface area contributed by atoms with E-state index in [9.17, 15) is 4.79 Å². The van der Waals surface area contributed by atoms with E-state index in [2.05, 4.69) is 34.7 Å². The van der Waals surface area contributed by atoms with Crippen LogP contribution in [0.3, 0.4) is 0 Å². The molecule has 1 heterocycles. The van der Waals surface area contributed by atoms with Crippen molar-refractivity contribution in [3.63, 3.8) is 0 Å². The first kappa shape index (κ1) is 20.7. The lowest BCUT2D eigenvalue weighted by atomic mass is 10.0. The number of guanidine groups is 1. The fourth-order valence-electron chi connectivity index (χ4n) is 2.90. The highest BCUT2D eigenvalue weighted by Crippen LogP contribution is 2.16. The predicted octanol–water partition coefficient (Wildman–Crippen LogP) is 2.76. The SMILES string of the molecule is CN=C(NCCC(=O)N1CCCCC1C)NCc1ccccc1.I. The van der Waals surface area contributed by atoms with Crippen LogP contribution in [-0.4, -0.2) is 42.9 Å². The van der Waals surface area contributed by atoms with Crippen LogP contribution in [0.15, 0.2) is 35.3 Å². The third kappa shape index (κ3) is 6.67. The van der Waals surface area contributed by atoms with Crippen molar-refractivity contribution in [2.45, 2.75) is 45.2 Å². The van der Waals surface area contributed by atoms with Crippen molar-refractivity contribution in [1.29, 1.82) is 0 Å². The number of aliphatic imine (C=N–C) groups is 1. The highest BCUT2D eigenvalue weighted by Gasteiger charge is 2.22. The minimum atomic E-state index is 0. The van der Waals surface area contributed by atoms with Gasteiger partial charge in [-0.3, -0.25) is 9.79 Å². The third-order valence-electron chi connectivity index (χ3n) is 4.28. The van der Waals surface area contributed by atoms with E-state index < -0.39 is 0 Å². The van der Waals surface area contributed by atoms with Crippen LogP contribution in [-0.2, 0) is 11.3 Å². The van der Waals surface area contributed by atoms with E-state index >= 15 is 0 Å². The third-order valence-corrected chi connectivity index (χ3v) is 4.28. The summed E-state index contributed by atoms with van der Waals surface area (Å²) >= 11 is 0. The van der Waals surface area contributed by atoms with Crippen molar-refractivity contribution in [2.75, 3.05) is 20.1 Å². The molecule has 0 bridgehead atoms. The van der Waals surface area contributed by atoms with Crippen LogP contribution in [0.25, 0.3) is 0 Å². The van der Waals surface area contributed by atoms with Crippen molar-refractivity contribution < 1.29 is 4.79 Å². The fourth-order valence-corrected chi connectivity index (χ4v) is 2.90. The molecule has 24 heavy (non-hydrogen) atoms. The van der Waals surface area contributed by atoms with Gasteiger partial charge in [-0.25, -0.2) is 0 Å². The topological polar surface area (TPSA) is 56.7 Å². The molecule has 1 saturated heterocycles. The number of hydrogen-bond acceptors (Lipinski definition) is 2. The van der Waals surface area contributed by atoms with Crippen LogP contribution in [0.1, 0.15) is 38.2 Å². The summed E-state index contributed by atoms with van der Waals surface area (Å²) in [5.41, 5.74) is 1.20. The quantitative estimate of drug-likeness (QED) is 0.417. The Hall–Kier alpha value is -1.31. The number of benzene rings is 1. The number of carbonyl (C=O) groups excluding carboxylic acids is 1. The lowest BCUT2D eigenvalue weighted by Gasteiger charge is -2.33. The maximum absolute atomic E-state index is 12.3. The first-order valence-corrected chi connectivity index (χ1v) is 8.48. The van der Waals surface area contributed by atoms with Crippen LogP contribution in [0, 0.1) is 0 Å². The van der Waals surface area contributed by atoms with Crippen molar-refractivity contribution in [3.05, 3.63) is 35.9 Å². The predicted molar refractivity (Wildman–Crippen MR) is 110 cm³/mol. The number of amides is 1. The van der Waals surface area contributed by atoms with Gasteiger partial charge >= 0.3 is 0 Å². The lowest BCUT2D eigenvalue weighted by Crippen LogP contribution is -2.44. The molecule has 134 valence electrons. The maximum Gasteiger partial charge on any atom is 0.224 e. The van der Waals surface area contributed by atoms with E-state index in [-0.39, 0.29) is 29.9 Å². The van der Waals surface area contributed by atoms with Crippen LogP contribution in [0.4, 0.5) is 0 Å². The molecule has 1 aromatic rings. The summed E-state index contributed by atoms with van der Waals surface area (Å²) in [5.74, 6) is 0.969. The molecule has 5 nitrogen and oxygen atoms in total. The standard InChI is InChI=1S/C18H28N4O.HI/c1-15-8-6-7-13-22(15)17(23)11-12-20-18(19-2)21-14-16-9-4-3-5-10-16;/h3-5,9-10,15H,6-8,11-14H2,1-2H3,(H2,19,20,21);1H. The van der Waals surface area contributed by atoms with Gasteiger partial charge in [-0.05, 0) is 31.7 Å². The molecule has 2 rings (SSSR count). The number of rotatable bonds is 5. The number of nitrogens with zero attached hydrogens (tertiary/aromatic N) is 2. The Morgan fingerprint density at radius 3 is 2.67 bits per heavy atom. The Bertz CT molecular complexity index is 521. The average Bonchev–Trinajstić information content (AvgIpc) is 2.59. The Kier molecular flexibility index (Phi) is 9.75. The summed E-state index contributed by atoms with van der Waals surface area (Å²) in [6.07, 6.45) is 4.00. The van der Waals surface area contributed by atoms with Gasteiger partial charge in [0.1, 0.15) is 0 Å². The minimum Gasteiger partial charge on any atom is -0.356 e. The van der Waals surface area contributed by atoms with E-state index in [0.717, 1.165) is 31.9 Å². The van der Waals surface area contributed by atoms with Crippen LogP contribution in [0.5, 0.6) is 0 Å². The molecule has 1 atom stereocenters. The molecule has 1 amide bonds. The van der Waals surface area contributed by atoms with Gasteiger partial charge in [-0.2, -0.15) is 0 Å². The van der Waals surface area contributed by atoms with E-state index in [1.165, 1.54) is 12.0 Å². The van der Waals surface area contributed by atoms with Gasteiger partial charge in [0, 0.05) is 39.1 Å². The monoisotopic (exact) mass is 444 g/mol. The molecule has 0 aromatic heterocycles. The second kappa shape index (κ2) is 11.3. The van der Waals surface area contributed by atoms with Gasteiger partial charge in [0.05, 0.1) is 0 Å². The Labute approximate surface area is 162 Å². The lowest BCUT2D eigenvalue weighted by molar-refractivity contribution is -0.134. The number of halogens is 1. The fraction of sp³-hybridized carbons (Fsp3) is 0.556. The highest BCUT2D eigenvalue weighted by molar-refractivity contribution is 14.0. The normalized spacial score (nSPS) is 17.8. The summed E-state index contributed by atoms with van der Waals surface area (Å²) in [7, 11) is 1.74.